The number of ether oxygens (including phenoxy) is 1. The van der Waals surface area contributed by atoms with Gasteiger partial charge in [-0.2, -0.15) is 0 Å². The average Bonchev–Trinajstić information content (AvgIpc) is 2.40. The lowest BCUT2D eigenvalue weighted by Gasteiger charge is -2.25. The quantitative estimate of drug-likeness (QED) is 0.753. The van der Waals surface area contributed by atoms with Crippen molar-refractivity contribution in [1.82, 2.24) is 9.97 Å². The van der Waals surface area contributed by atoms with E-state index in [4.69, 9.17) is 4.74 Å². The number of hydrogen-bond donors (Lipinski definition) is 0. The molecule has 1 fully saturated rings. The molecule has 1 saturated carbocycles. The van der Waals surface area contributed by atoms with Gasteiger partial charge >= 0.3 is 5.97 Å². The van der Waals surface area contributed by atoms with Crippen LogP contribution in [0, 0.1) is 5.92 Å². The van der Waals surface area contributed by atoms with Gasteiger partial charge in [-0.25, -0.2) is 9.97 Å². The molecule has 4 nitrogen and oxygen atoms in total. The zero-order chi connectivity index (χ0) is 12.1. The molecule has 0 saturated heterocycles. The number of carbonyl (C=O) groups excluding carboxylic acids is 1. The Hall–Kier alpha value is -1.45. The molecular weight excluding hydrogens is 216 g/mol. The molecule has 1 aliphatic rings. The van der Waals surface area contributed by atoms with Gasteiger partial charge in [0.15, 0.2) is 0 Å². The Morgan fingerprint density at radius 2 is 1.94 bits per heavy atom. The summed E-state index contributed by atoms with van der Waals surface area (Å²) in [6.07, 6.45) is 7.30. The van der Waals surface area contributed by atoms with Crippen molar-refractivity contribution in [1.29, 1.82) is 0 Å². The standard InChI is InChI=1S/C13H18N2O2/c1-2-17-13(16)11-6-4-10(5-7-11)12-14-8-3-9-15-12/h3,8-11H,2,4-7H2,1H3. The van der Waals surface area contributed by atoms with Crippen LogP contribution in [-0.4, -0.2) is 22.5 Å². The smallest absolute Gasteiger partial charge is 0.308 e. The van der Waals surface area contributed by atoms with Crippen LogP contribution in [0.1, 0.15) is 44.3 Å². The molecule has 1 aromatic rings. The van der Waals surface area contributed by atoms with E-state index in [-0.39, 0.29) is 11.9 Å². The number of rotatable bonds is 3. The summed E-state index contributed by atoms with van der Waals surface area (Å²) in [5.74, 6) is 1.35. The number of esters is 1. The lowest BCUT2D eigenvalue weighted by atomic mass is 9.81. The Morgan fingerprint density at radius 3 is 2.53 bits per heavy atom. The molecule has 1 aromatic heterocycles. The fourth-order valence-corrected chi connectivity index (χ4v) is 2.37. The third-order valence-corrected chi connectivity index (χ3v) is 3.30. The molecule has 0 unspecified atom stereocenters. The normalized spacial score (nSPS) is 24.3. The van der Waals surface area contributed by atoms with Crippen LogP contribution in [0.15, 0.2) is 18.5 Å². The summed E-state index contributed by atoms with van der Waals surface area (Å²) in [7, 11) is 0. The minimum atomic E-state index is -0.0417. The largest absolute Gasteiger partial charge is 0.466 e. The monoisotopic (exact) mass is 234 g/mol. The molecule has 4 heteroatoms. The first kappa shape index (κ1) is 12.0. The third-order valence-electron chi connectivity index (χ3n) is 3.30. The Morgan fingerprint density at radius 1 is 1.29 bits per heavy atom. The van der Waals surface area contributed by atoms with Crippen molar-refractivity contribution >= 4 is 5.97 Å². The van der Waals surface area contributed by atoms with E-state index in [2.05, 4.69) is 9.97 Å². The maximum Gasteiger partial charge on any atom is 0.308 e. The zero-order valence-electron chi connectivity index (χ0n) is 10.1. The van der Waals surface area contributed by atoms with Crippen molar-refractivity contribution < 1.29 is 9.53 Å². The minimum Gasteiger partial charge on any atom is -0.466 e. The Bertz CT molecular complexity index is 359. The van der Waals surface area contributed by atoms with E-state index < -0.39 is 0 Å². The van der Waals surface area contributed by atoms with E-state index in [0.717, 1.165) is 31.5 Å². The molecule has 0 spiro atoms. The minimum absolute atomic E-state index is 0.0417. The summed E-state index contributed by atoms with van der Waals surface area (Å²) in [5, 5.41) is 0. The van der Waals surface area contributed by atoms with Crippen LogP contribution in [0.2, 0.25) is 0 Å². The van der Waals surface area contributed by atoms with E-state index in [1.54, 1.807) is 12.4 Å². The average molecular weight is 234 g/mol. The van der Waals surface area contributed by atoms with Crippen molar-refractivity contribution in [2.24, 2.45) is 5.92 Å². The van der Waals surface area contributed by atoms with Crippen LogP contribution in [0.3, 0.4) is 0 Å². The predicted octanol–water partition coefficient (Wildman–Crippen LogP) is 2.31. The first-order valence-electron chi connectivity index (χ1n) is 6.24. The van der Waals surface area contributed by atoms with Crippen molar-refractivity contribution in [3.8, 4) is 0 Å². The molecule has 17 heavy (non-hydrogen) atoms. The molecule has 92 valence electrons. The predicted molar refractivity (Wildman–Crippen MR) is 63.4 cm³/mol. The molecular formula is C13H18N2O2. The van der Waals surface area contributed by atoms with Gasteiger partial charge in [0.2, 0.25) is 0 Å². The fourth-order valence-electron chi connectivity index (χ4n) is 2.37. The van der Waals surface area contributed by atoms with Gasteiger partial charge in [0.1, 0.15) is 5.82 Å². The maximum absolute atomic E-state index is 11.6. The second-order valence-electron chi connectivity index (χ2n) is 4.41. The molecule has 0 radical (unpaired) electrons. The summed E-state index contributed by atoms with van der Waals surface area (Å²) >= 11 is 0. The second kappa shape index (κ2) is 5.75. The van der Waals surface area contributed by atoms with Gasteiger partial charge in [0.25, 0.3) is 0 Å². The van der Waals surface area contributed by atoms with Gasteiger partial charge in [-0.1, -0.05) is 0 Å². The van der Waals surface area contributed by atoms with E-state index in [9.17, 15) is 4.79 Å². The Labute approximate surface area is 101 Å². The highest BCUT2D eigenvalue weighted by Gasteiger charge is 2.28. The number of carbonyl (C=O) groups is 1. The van der Waals surface area contributed by atoms with Crippen molar-refractivity contribution in [2.45, 2.75) is 38.5 Å². The van der Waals surface area contributed by atoms with Crippen LogP contribution in [0.25, 0.3) is 0 Å². The first-order chi connectivity index (χ1) is 8.31. The van der Waals surface area contributed by atoms with Crippen molar-refractivity contribution in [3.05, 3.63) is 24.3 Å². The molecule has 2 rings (SSSR count). The van der Waals surface area contributed by atoms with E-state index in [0.29, 0.717) is 12.5 Å². The van der Waals surface area contributed by atoms with E-state index >= 15 is 0 Å². The van der Waals surface area contributed by atoms with E-state index in [1.165, 1.54) is 0 Å². The van der Waals surface area contributed by atoms with Gasteiger partial charge in [0.05, 0.1) is 12.5 Å². The zero-order valence-corrected chi connectivity index (χ0v) is 10.1. The van der Waals surface area contributed by atoms with Gasteiger partial charge in [-0.05, 0) is 38.7 Å². The van der Waals surface area contributed by atoms with Gasteiger partial charge < -0.3 is 4.74 Å². The fraction of sp³-hybridized carbons (Fsp3) is 0.615. The van der Waals surface area contributed by atoms with Crippen LogP contribution in [0.5, 0.6) is 0 Å². The highest BCUT2D eigenvalue weighted by atomic mass is 16.5. The summed E-state index contributed by atoms with van der Waals surface area (Å²) in [4.78, 5) is 20.2. The van der Waals surface area contributed by atoms with Gasteiger partial charge in [0, 0.05) is 18.3 Å². The molecule has 0 N–H and O–H groups in total. The summed E-state index contributed by atoms with van der Waals surface area (Å²) < 4.78 is 5.05. The lowest BCUT2D eigenvalue weighted by molar-refractivity contribution is -0.149. The number of aromatic nitrogens is 2. The molecule has 0 aliphatic heterocycles. The molecule has 0 amide bonds. The van der Waals surface area contributed by atoms with Gasteiger partial charge in [-0.3, -0.25) is 4.79 Å². The highest BCUT2D eigenvalue weighted by molar-refractivity contribution is 5.72. The van der Waals surface area contributed by atoms with Crippen LogP contribution in [-0.2, 0) is 9.53 Å². The summed E-state index contributed by atoms with van der Waals surface area (Å²) in [5.41, 5.74) is 0. The third kappa shape index (κ3) is 3.02. The van der Waals surface area contributed by atoms with Crippen LogP contribution < -0.4 is 0 Å². The molecule has 1 aliphatic carbocycles. The lowest BCUT2D eigenvalue weighted by Crippen LogP contribution is -2.23. The topological polar surface area (TPSA) is 52.1 Å². The first-order valence-corrected chi connectivity index (χ1v) is 6.24. The molecule has 1 heterocycles. The Kier molecular flexibility index (Phi) is 4.07. The van der Waals surface area contributed by atoms with Crippen LogP contribution >= 0.6 is 0 Å². The maximum atomic E-state index is 11.6. The number of nitrogens with zero attached hydrogens (tertiary/aromatic N) is 2. The second-order valence-corrected chi connectivity index (χ2v) is 4.41. The number of hydrogen-bond acceptors (Lipinski definition) is 4. The van der Waals surface area contributed by atoms with Crippen LogP contribution in [0.4, 0.5) is 0 Å². The van der Waals surface area contributed by atoms with E-state index in [1.807, 2.05) is 13.0 Å². The Balaban J connectivity index is 1.88. The highest BCUT2D eigenvalue weighted by Crippen LogP contribution is 2.34. The van der Waals surface area contributed by atoms with Crippen molar-refractivity contribution in [3.63, 3.8) is 0 Å². The molecule has 0 bridgehead atoms. The van der Waals surface area contributed by atoms with Crippen molar-refractivity contribution in [2.75, 3.05) is 6.61 Å². The molecule has 0 aromatic carbocycles. The SMILES string of the molecule is CCOC(=O)C1CCC(c2ncccn2)CC1. The van der Waals surface area contributed by atoms with Gasteiger partial charge in [-0.15, -0.1) is 0 Å². The summed E-state index contributed by atoms with van der Waals surface area (Å²) in [6.45, 7) is 2.32. The molecule has 0 atom stereocenters. The summed E-state index contributed by atoms with van der Waals surface area (Å²) in [6, 6.07) is 1.83.